The Morgan fingerprint density at radius 2 is 1.90 bits per heavy atom. The fourth-order valence-electron chi connectivity index (χ4n) is 1.92. The molecule has 112 valence electrons. The molecule has 4 nitrogen and oxygen atoms in total. The van der Waals surface area contributed by atoms with E-state index >= 15 is 0 Å². The van der Waals surface area contributed by atoms with Gasteiger partial charge in [0.1, 0.15) is 5.01 Å². The van der Waals surface area contributed by atoms with Crippen molar-refractivity contribution in [1.82, 2.24) is 4.98 Å². The first kappa shape index (κ1) is 15.5. The largest absolute Gasteiger partial charge is 0.481 e. The van der Waals surface area contributed by atoms with Crippen molar-refractivity contribution in [3.8, 4) is 0 Å². The summed E-state index contributed by atoms with van der Waals surface area (Å²) in [5.41, 5.74) is 1.96. The lowest BCUT2D eigenvalue weighted by molar-refractivity contribution is -0.142. The summed E-state index contributed by atoms with van der Waals surface area (Å²) in [5.74, 6) is -0.822. The molecule has 0 amide bonds. The number of nitrogens with one attached hydrogen (secondary N) is 1. The second kappa shape index (κ2) is 5.85. The molecule has 0 atom stereocenters. The molecular formula is C16H20N2O2S. The maximum absolute atomic E-state index is 11.2. The highest BCUT2D eigenvalue weighted by Gasteiger charge is 2.29. The highest BCUT2D eigenvalue weighted by molar-refractivity contribution is 7.11. The Balaban J connectivity index is 2.04. The molecule has 0 unspecified atom stereocenters. The fourth-order valence-corrected chi connectivity index (χ4v) is 2.79. The van der Waals surface area contributed by atoms with Crippen molar-refractivity contribution >= 4 is 23.0 Å². The topological polar surface area (TPSA) is 62.2 Å². The van der Waals surface area contributed by atoms with Crippen molar-refractivity contribution in [2.24, 2.45) is 0 Å². The van der Waals surface area contributed by atoms with Gasteiger partial charge in [0.15, 0.2) is 0 Å². The van der Waals surface area contributed by atoms with Gasteiger partial charge in [-0.3, -0.25) is 4.79 Å². The third-order valence-corrected chi connectivity index (χ3v) is 4.73. The van der Waals surface area contributed by atoms with Crippen LogP contribution in [0, 0.1) is 13.8 Å². The van der Waals surface area contributed by atoms with E-state index in [2.05, 4.69) is 17.2 Å². The summed E-state index contributed by atoms with van der Waals surface area (Å²) in [6.45, 7) is 8.18. The van der Waals surface area contributed by atoms with Crippen molar-refractivity contribution in [3.63, 3.8) is 0 Å². The van der Waals surface area contributed by atoms with Gasteiger partial charge in [0.2, 0.25) is 0 Å². The number of carbonyl (C=O) groups is 1. The molecule has 0 fully saturated rings. The summed E-state index contributed by atoms with van der Waals surface area (Å²) in [6.07, 6.45) is 0. The maximum Gasteiger partial charge on any atom is 0.313 e. The first-order valence-electron chi connectivity index (χ1n) is 6.81. The van der Waals surface area contributed by atoms with E-state index in [1.54, 1.807) is 25.2 Å². The van der Waals surface area contributed by atoms with Crippen molar-refractivity contribution in [3.05, 3.63) is 45.4 Å². The van der Waals surface area contributed by atoms with Gasteiger partial charge in [-0.25, -0.2) is 4.98 Å². The molecule has 0 radical (unpaired) electrons. The van der Waals surface area contributed by atoms with Crippen LogP contribution in [-0.4, -0.2) is 16.1 Å². The minimum atomic E-state index is -0.873. The standard InChI is InChI=1S/C16H20N2O2S/c1-10-11(2)21-14(18-10)9-17-13-7-5-12(6-8-13)16(3,4)15(19)20/h5-8,17H,9H2,1-4H3,(H,19,20). The number of rotatable bonds is 5. The van der Waals surface area contributed by atoms with Gasteiger partial charge in [-0.15, -0.1) is 11.3 Å². The average Bonchev–Trinajstić information content (AvgIpc) is 2.76. The number of carboxylic acids is 1. The van der Waals surface area contributed by atoms with E-state index in [-0.39, 0.29) is 0 Å². The van der Waals surface area contributed by atoms with Crippen molar-refractivity contribution < 1.29 is 9.90 Å². The minimum Gasteiger partial charge on any atom is -0.481 e. The Labute approximate surface area is 128 Å². The molecule has 0 aliphatic carbocycles. The predicted octanol–water partition coefficient (Wildman–Crippen LogP) is 3.73. The molecule has 0 bridgehead atoms. The molecule has 0 saturated heterocycles. The Morgan fingerprint density at radius 1 is 1.29 bits per heavy atom. The molecule has 21 heavy (non-hydrogen) atoms. The van der Waals surface area contributed by atoms with Crippen LogP contribution in [0.1, 0.15) is 35.0 Å². The Morgan fingerprint density at radius 3 is 2.38 bits per heavy atom. The van der Waals surface area contributed by atoms with Gasteiger partial charge in [0, 0.05) is 10.6 Å². The number of aromatic nitrogens is 1. The summed E-state index contributed by atoms with van der Waals surface area (Å²) in [6, 6.07) is 7.53. The van der Waals surface area contributed by atoms with E-state index in [0.29, 0.717) is 6.54 Å². The summed E-state index contributed by atoms with van der Waals surface area (Å²) in [4.78, 5) is 17.0. The van der Waals surface area contributed by atoms with Crippen LogP contribution in [0.2, 0.25) is 0 Å². The van der Waals surface area contributed by atoms with Gasteiger partial charge in [0.25, 0.3) is 0 Å². The number of hydrogen-bond acceptors (Lipinski definition) is 4. The maximum atomic E-state index is 11.2. The SMILES string of the molecule is Cc1nc(CNc2ccc(C(C)(C)C(=O)O)cc2)sc1C. The summed E-state index contributed by atoms with van der Waals surface area (Å²) < 4.78 is 0. The lowest BCUT2D eigenvalue weighted by Crippen LogP contribution is -2.28. The van der Waals surface area contributed by atoms with Crippen LogP contribution in [0.4, 0.5) is 5.69 Å². The summed E-state index contributed by atoms with van der Waals surface area (Å²) in [7, 11) is 0. The Bertz CT molecular complexity index is 625. The number of nitrogens with zero attached hydrogens (tertiary/aromatic N) is 1. The van der Waals surface area contributed by atoms with E-state index < -0.39 is 11.4 Å². The minimum absolute atomic E-state index is 0.682. The van der Waals surface area contributed by atoms with Crippen LogP contribution in [0.5, 0.6) is 0 Å². The van der Waals surface area contributed by atoms with E-state index in [4.69, 9.17) is 0 Å². The number of aliphatic carboxylic acids is 1. The van der Waals surface area contributed by atoms with Gasteiger partial charge in [-0.05, 0) is 45.4 Å². The third-order valence-electron chi connectivity index (χ3n) is 3.66. The van der Waals surface area contributed by atoms with Gasteiger partial charge in [-0.2, -0.15) is 0 Å². The molecule has 0 saturated carbocycles. The van der Waals surface area contributed by atoms with E-state index in [9.17, 15) is 9.90 Å². The molecule has 0 aliphatic rings. The van der Waals surface area contributed by atoms with Crippen LogP contribution in [-0.2, 0) is 16.8 Å². The zero-order valence-electron chi connectivity index (χ0n) is 12.7. The zero-order valence-corrected chi connectivity index (χ0v) is 13.5. The van der Waals surface area contributed by atoms with Crippen LogP contribution in [0.25, 0.3) is 0 Å². The fraction of sp³-hybridized carbons (Fsp3) is 0.375. The van der Waals surface area contributed by atoms with Crippen molar-refractivity contribution in [2.45, 2.75) is 39.7 Å². The first-order chi connectivity index (χ1) is 9.80. The predicted molar refractivity (Wildman–Crippen MR) is 86.0 cm³/mol. The van der Waals surface area contributed by atoms with Crippen LogP contribution >= 0.6 is 11.3 Å². The smallest absolute Gasteiger partial charge is 0.313 e. The number of benzene rings is 1. The van der Waals surface area contributed by atoms with Crippen molar-refractivity contribution in [1.29, 1.82) is 0 Å². The molecule has 2 N–H and O–H groups in total. The van der Waals surface area contributed by atoms with Gasteiger partial charge in [-0.1, -0.05) is 12.1 Å². The molecule has 1 aromatic carbocycles. The summed E-state index contributed by atoms with van der Waals surface area (Å²) in [5, 5.41) is 13.6. The average molecular weight is 304 g/mol. The molecule has 1 aromatic heterocycles. The highest BCUT2D eigenvalue weighted by Crippen LogP contribution is 2.25. The van der Waals surface area contributed by atoms with Gasteiger partial charge >= 0.3 is 5.97 Å². The monoisotopic (exact) mass is 304 g/mol. The molecule has 5 heteroatoms. The molecule has 2 aromatic rings. The summed E-state index contributed by atoms with van der Waals surface area (Å²) >= 11 is 1.69. The second-order valence-electron chi connectivity index (χ2n) is 5.61. The lowest BCUT2D eigenvalue weighted by atomic mass is 9.85. The Kier molecular flexibility index (Phi) is 4.32. The number of thiazole rings is 1. The molecule has 0 spiro atoms. The van der Waals surface area contributed by atoms with Crippen LogP contribution < -0.4 is 5.32 Å². The quantitative estimate of drug-likeness (QED) is 0.883. The van der Waals surface area contributed by atoms with Gasteiger partial charge < -0.3 is 10.4 Å². The normalized spacial score (nSPS) is 11.4. The second-order valence-corrected chi connectivity index (χ2v) is 6.90. The van der Waals surface area contributed by atoms with Crippen LogP contribution in [0.3, 0.4) is 0 Å². The van der Waals surface area contributed by atoms with E-state index in [0.717, 1.165) is 22.0 Å². The molecule has 2 rings (SSSR count). The number of carboxylic acid groups (broad SMARTS) is 1. The number of anilines is 1. The third kappa shape index (κ3) is 3.42. The van der Waals surface area contributed by atoms with Gasteiger partial charge in [0.05, 0.1) is 17.7 Å². The van der Waals surface area contributed by atoms with E-state index in [1.165, 1.54) is 4.88 Å². The molecule has 1 heterocycles. The lowest BCUT2D eigenvalue weighted by Gasteiger charge is -2.20. The number of hydrogen-bond donors (Lipinski definition) is 2. The molecule has 0 aliphatic heterocycles. The molecular weight excluding hydrogens is 284 g/mol. The Hall–Kier alpha value is -1.88. The van der Waals surface area contributed by atoms with Crippen LogP contribution in [0.15, 0.2) is 24.3 Å². The number of aryl methyl sites for hydroxylation is 2. The first-order valence-corrected chi connectivity index (χ1v) is 7.63. The zero-order chi connectivity index (χ0) is 15.6. The van der Waals surface area contributed by atoms with E-state index in [1.807, 2.05) is 31.2 Å². The highest BCUT2D eigenvalue weighted by atomic mass is 32.1. The van der Waals surface area contributed by atoms with Crippen molar-refractivity contribution in [2.75, 3.05) is 5.32 Å².